The van der Waals surface area contributed by atoms with Crippen LogP contribution in [-0.4, -0.2) is 35.3 Å². The summed E-state index contributed by atoms with van der Waals surface area (Å²) in [5.41, 5.74) is 4.06. The SMILES string of the molecule is O=C(NC1(C(=O)N[C@@H](Cc2ccccc2)C(=O)NC2CCCCC2)Cc2ccc3ccccc3c2-c2c(ccc3ccccc23)C1)c1ccccc1. The summed E-state index contributed by atoms with van der Waals surface area (Å²) >= 11 is 0. The van der Waals surface area contributed by atoms with E-state index < -0.39 is 11.6 Å². The van der Waals surface area contributed by atoms with Crippen LogP contribution in [0.25, 0.3) is 32.7 Å². The first-order valence-corrected chi connectivity index (χ1v) is 18.5. The van der Waals surface area contributed by atoms with E-state index in [2.05, 4.69) is 76.6 Å². The normalized spacial score (nSPS) is 15.8. The molecule has 0 aliphatic heterocycles. The number of nitrogens with one attached hydrogen (secondary N) is 3. The average molecular weight is 686 g/mol. The summed E-state index contributed by atoms with van der Waals surface area (Å²) in [5, 5.41) is 14.2. The highest BCUT2D eigenvalue weighted by atomic mass is 16.2. The number of carbonyl (C=O) groups excluding carboxylic acids is 3. The zero-order chi connectivity index (χ0) is 35.5. The second-order valence-corrected chi connectivity index (χ2v) is 14.5. The monoisotopic (exact) mass is 685 g/mol. The molecule has 1 atom stereocenters. The average Bonchev–Trinajstić information content (AvgIpc) is 3.34. The fourth-order valence-electron chi connectivity index (χ4n) is 8.32. The van der Waals surface area contributed by atoms with E-state index in [1.54, 1.807) is 12.1 Å². The fourth-order valence-corrected chi connectivity index (χ4v) is 8.32. The van der Waals surface area contributed by atoms with Crippen LogP contribution in [0.5, 0.6) is 0 Å². The number of rotatable bonds is 8. The van der Waals surface area contributed by atoms with Gasteiger partial charge in [-0.15, -0.1) is 0 Å². The highest BCUT2D eigenvalue weighted by Crippen LogP contribution is 2.44. The molecule has 0 aromatic heterocycles. The van der Waals surface area contributed by atoms with Crippen LogP contribution in [0.3, 0.4) is 0 Å². The molecule has 0 bridgehead atoms. The third-order valence-corrected chi connectivity index (χ3v) is 10.9. The minimum atomic E-state index is -1.42. The maximum absolute atomic E-state index is 15.3. The molecule has 3 N–H and O–H groups in total. The van der Waals surface area contributed by atoms with E-state index in [0.717, 1.165) is 75.0 Å². The van der Waals surface area contributed by atoms with E-state index in [1.807, 2.05) is 60.7 Å². The lowest BCUT2D eigenvalue weighted by atomic mass is 9.84. The summed E-state index contributed by atoms with van der Waals surface area (Å²) < 4.78 is 0. The Labute approximate surface area is 304 Å². The Kier molecular flexibility index (Phi) is 9.29. The molecule has 6 nitrogen and oxygen atoms in total. The van der Waals surface area contributed by atoms with Crippen molar-refractivity contribution in [3.8, 4) is 11.1 Å². The second kappa shape index (κ2) is 14.5. The molecule has 0 radical (unpaired) electrons. The lowest BCUT2D eigenvalue weighted by molar-refractivity contribution is -0.133. The van der Waals surface area contributed by atoms with E-state index >= 15 is 4.79 Å². The van der Waals surface area contributed by atoms with Crippen molar-refractivity contribution in [2.24, 2.45) is 0 Å². The van der Waals surface area contributed by atoms with Gasteiger partial charge in [0, 0.05) is 30.9 Å². The first-order chi connectivity index (χ1) is 25.5. The Hall–Kier alpha value is -5.75. The number of hydrogen-bond acceptors (Lipinski definition) is 3. The van der Waals surface area contributed by atoms with E-state index in [9.17, 15) is 9.59 Å². The molecule has 6 aromatic rings. The predicted octanol–water partition coefficient (Wildman–Crippen LogP) is 8.10. The third-order valence-electron chi connectivity index (χ3n) is 10.9. The van der Waals surface area contributed by atoms with Gasteiger partial charge in [-0.1, -0.05) is 141 Å². The van der Waals surface area contributed by atoms with Gasteiger partial charge < -0.3 is 16.0 Å². The van der Waals surface area contributed by atoms with Crippen molar-refractivity contribution in [1.82, 2.24) is 16.0 Å². The van der Waals surface area contributed by atoms with Gasteiger partial charge in [0.1, 0.15) is 11.6 Å². The zero-order valence-corrected chi connectivity index (χ0v) is 29.2. The second-order valence-electron chi connectivity index (χ2n) is 14.5. The van der Waals surface area contributed by atoms with Crippen LogP contribution in [0.15, 0.2) is 133 Å². The molecule has 0 heterocycles. The van der Waals surface area contributed by atoms with E-state index in [0.29, 0.717) is 12.0 Å². The maximum atomic E-state index is 15.3. The van der Waals surface area contributed by atoms with Crippen LogP contribution in [0.2, 0.25) is 0 Å². The van der Waals surface area contributed by atoms with Gasteiger partial charge in [0.05, 0.1) is 0 Å². The van der Waals surface area contributed by atoms with Crippen molar-refractivity contribution in [3.63, 3.8) is 0 Å². The zero-order valence-electron chi connectivity index (χ0n) is 29.2. The number of carbonyl (C=O) groups is 3. The van der Waals surface area contributed by atoms with E-state index in [1.165, 1.54) is 6.42 Å². The molecular formula is C46H43N3O3. The minimum absolute atomic E-state index is 0.0846. The lowest BCUT2D eigenvalue weighted by Gasteiger charge is -2.35. The number of hydrogen-bond donors (Lipinski definition) is 3. The smallest absolute Gasteiger partial charge is 0.252 e. The molecule has 52 heavy (non-hydrogen) atoms. The molecule has 6 aromatic carbocycles. The Balaban J connectivity index is 1.26. The van der Waals surface area contributed by atoms with Crippen LogP contribution in [0.4, 0.5) is 0 Å². The van der Waals surface area contributed by atoms with Gasteiger partial charge in [-0.3, -0.25) is 14.4 Å². The fraction of sp³-hybridized carbons (Fsp3) is 0.239. The van der Waals surface area contributed by atoms with Crippen LogP contribution in [0, 0.1) is 0 Å². The number of benzene rings is 6. The largest absolute Gasteiger partial charge is 0.352 e. The molecule has 0 unspecified atom stereocenters. The first-order valence-electron chi connectivity index (χ1n) is 18.5. The third kappa shape index (κ3) is 6.69. The van der Waals surface area contributed by atoms with Gasteiger partial charge in [0.15, 0.2) is 0 Å². The van der Waals surface area contributed by atoms with Crippen molar-refractivity contribution < 1.29 is 14.4 Å². The molecule has 1 saturated carbocycles. The quantitative estimate of drug-likeness (QED) is 0.151. The molecule has 0 saturated heterocycles. The van der Waals surface area contributed by atoms with Gasteiger partial charge in [-0.05, 0) is 74.3 Å². The molecule has 6 heteroatoms. The van der Waals surface area contributed by atoms with Gasteiger partial charge in [-0.2, -0.15) is 0 Å². The van der Waals surface area contributed by atoms with E-state index in [4.69, 9.17) is 0 Å². The Morgan fingerprint density at radius 3 is 1.75 bits per heavy atom. The van der Waals surface area contributed by atoms with Gasteiger partial charge in [-0.25, -0.2) is 0 Å². The molecule has 0 spiro atoms. The Bertz CT molecular complexity index is 2170. The molecule has 2 aliphatic rings. The molecule has 2 aliphatic carbocycles. The van der Waals surface area contributed by atoms with Crippen molar-refractivity contribution in [2.45, 2.75) is 69.0 Å². The summed E-state index contributed by atoms with van der Waals surface area (Å²) in [6, 6.07) is 43.2. The highest BCUT2D eigenvalue weighted by Gasteiger charge is 2.45. The number of fused-ring (bicyclic) bond motifs is 7. The van der Waals surface area contributed by atoms with Crippen molar-refractivity contribution >= 4 is 39.3 Å². The summed E-state index contributed by atoms with van der Waals surface area (Å²) in [4.78, 5) is 43.6. The van der Waals surface area contributed by atoms with Crippen LogP contribution >= 0.6 is 0 Å². The summed E-state index contributed by atoms with van der Waals surface area (Å²) in [6.45, 7) is 0. The summed E-state index contributed by atoms with van der Waals surface area (Å²) in [6.07, 6.45) is 6.01. The highest BCUT2D eigenvalue weighted by molar-refractivity contribution is 6.09. The predicted molar refractivity (Wildman–Crippen MR) is 208 cm³/mol. The van der Waals surface area contributed by atoms with Crippen molar-refractivity contribution in [3.05, 3.63) is 156 Å². The van der Waals surface area contributed by atoms with Gasteiger partial charge in [0.2, 0.25) is 11.8 Å². The summed E-state index contributed by atoms with van der Waals surface area (Å²) in [7, 11) is 0. The Morgan fingerprint density at radius 2 is 1.15 bits per heavy atom. The molecule has 260 valence electrons. The standard InChI is InChI=1S/C46H43N3O3/c50-43(34-18-6-2-7-19-34)49-46(45(52)48-40(28-31-14-4-1-5-15-31)44(51)47-37-20-8-3-9-21-37)29-35-26-24-32-16-10-12-22-38(32)41(35)42-36(30-46)27-25-33-17-11-13-23-39(33)42/h1-2,4-7,10-19,22-27,37,40H,3,8-9,20-21,28-30H2,(H,47,51)(H,48,52)(H,49,50)/t40-/m0/s1. The maximum Gasteiger partial charge on any atom is 0.252 e. The topological polar surface area (TPSA) is 87.3 Å². The van der Waals surface area contributed by atoms with Crippen LogP contribution < -0.4 is 16.0 Å². The van der Waals surface area contributed by atoms with Crippen LogP contribution in [0.1, 0.15) is 59.2 Å². The van der Waals surface area contributed by atoms with Crippen LogP contribution in [-0.2, 0) is 28.9 Å². The number of amides is 3. The van der Waals surface area contributed by atoms with Gasteiger partial charge in [0.25, 0.3) is 5.91 Å². The van der Waals surface area contributed by atoms with Gasteiger partial charge >= 0.3 is 0 Å². The van der Waals surface area contributed by atoms with E-state index in [-0.39, 0.29) is 36.6 Å². The molecular weight excluding hydrogens is 643 g/mol. The Morgan fingerprint density at radius 1 is 0.615 bits per heavy atom. The lowest BCUT2D eigenvalue weighted by Crippen LogP contribution is -2.64. The first kappa shape index (κ1) is 33.4. The molecule has 1 fully saturated rings. The molecule has 8 rings (SSSR count). The van der Waals surface area contributed by atoms with Crippen molar-refractivity contribution in [1.29, 1.82) is 0 Å². The van der Waals surface area contributed by atoms with Crippen molar-refractivity contribution in [2.75, 3.05) is 0 Å². The summed E-state index contributed by atoms with van der Waals surface area (Å²) in [5.74, 6) is -0.912. The minimum Gasteiger partial charge on any atom is -0.352 e. The molecule has 3 amide bonds.